The van der Waals surface area contributed by atoms with Crippen LogP contribution in [0.2, 0.25) is 0 Å². The first kappa shape index (κ1) is 14.6. The summed E-state index contributed by atoms with van der Waals surface area (Å²) in [6.07, 6.45) is 0.0474. The summed E-state index contributed by atoms with van der Waals surface area (Å²) in [6.45, 7) is 0.721. The van der Waals surface area contributed by atoms with Crippen molar-refractivity contribution in [3.05, 3.63) is 65.2 Å². The summed E-state index contributed by atoms with van der Waals surface area (Å²) in [5, 5.41) is 17.5. The van der Waals surface area contributed by atoms with E-state index in [0.717, 1.165) is 23.4 Å². The molecule has 0 fully saturated rings. The van der Waals surface area contributed by atoms with Gasteiger partial charge in [0.2, 0.25) is 0 Å². The maximum Gasteiger partial charge on any atom is 0.307 e. The highest BCUT2D eigenvalue weighted by atomic mass is 16.4. The van der Waals surface area contributed by atoms with Crippen molar-refractivity contribution >= 4 is 11.7 Å². The zero-order valence-electron chi connectivity index (χ0n) is 11.8. The maximum absolute atomic E-state index is 10.6. The van der Waals surface area contributed by atoms with Gasteiger partial charge < -0.3 is 10.0 Å². The van der Waals surface area contributed by atoms with E-state index in [0.29, 0.717) is 5.56 Å². The van der Waals surface area contributed by atoms with Gasteiger partial charge in [-0.2, -0.15) is 5.26 Å². The number of benzene rings is 2. The molecule has 0 saturated heterocycles. The molecule has 0 spiro atoms. The summed E-state index contributed by atoms with van der Waals surface area (Å²) in [4.78, 5) is 12.7. The van der Waals surface area contributed by atoms with Crippen LogP contribution in [0.3, 0.4) is 0 Å². The molecule has 4 heteroatoms. The van der Waals surface area contributed by atoms with Crippen molar-refractivity contribution in [3.8, 4) is 6.07 Å². The topological polar surface area (TPSA) is 64.3 Å². The Balaban J connectivity index is 2.03. The number of carbonyl (C=O) groups is 1. The molecule has 0 heterocycles. The van der Waals surface area contributed by atoms with E-state index in [4.69, 9.17) is 10.4 Å². The Bertz CT molecular complexity index is 655. The maximum atomic E-state index is 10.6. The van der Waals surface area contributed by atoms with Gasteiger partial charge >= 0.3 is 5.97 Å². The van der Waals surface area contributed by atoms with Crippen molar-refractivity contribution in [2.75, 3.05) is 11.9 Å². The fraction of sp³-hybridized carbons (Fsp3) is 0.176. The normalized spacial score (nSPS) is 9.90. The molecule has 106 valence electrons. The molecule has 0 atom stereocenters. The lowest BCUT2D eigenvalue weighted by molar-refractivity contribution is -0.136. The average molecular weight is 280 g/mol. The van der Waals surface area contributed by atoms with Crippen LogP contribution in [0.5, 0.6) is 0 Å². The van der Waals surface area contributed by atoms with Gasteiger partial charge in [-0.05, 0) is 35.4 Å². The van der Waals surface area contributed by atoms with Crippen LogP contribution in [0, 0.1) is 11.3 Å². The second-order valence-corrected chi connectivity index (χ2v) is 4.90. The van der Waals surface area contributed by atoms with Crippen LogP contribution in [-0.4, -0.2) is 18.1 Å². The fourth-order valence-corrected chi connectivity index (χ4v) is 2.09. The highest BCUT2D eigenvalue weighted by Gasteiger charge is 2.04. The minimum Gasteiger partial charge on any atom is -0.481 e. The van der Waals surface area contributed by atoms with Crippen LogP contribution in [0.15, 0.2) is 48.5 Å². The fourth-order valence-electron chi connectivity index (χ4n) is 2.09. The van der Waals surface area contributed by atoms with Crippen LogP contribution >= 0.6 is 0 Å². The van der Waals surface area contributed by atoms with Crippen LogP contribution in [0.1, 0.15) is 16.7 Å². The largest absolute Gasteiger partial charge is 0.481 e. The van der Waals surface area contributed by atoms with Gasteiger partial charge in [-0.3, -0.25) is 4.79 Å². The molecule has 0 aliphatic carbocycles. The first-order chi connectivity index (χ1) is 10.1. The summed E-state index contributed by atoms with van der Waals surface area (Å²) < 4.78 is 0. The van der Waals surface area contributed by atoms with E-state index < -0.39 is 5.97 Å². The third-order valence-electron chi connectivity index (χ3n) is 3.24. The molecule has 21 heavy (non-hydrogen) atoms. The molecular weight excluding hydrogens is 264 g/mol. The standard InChI is InChI=1S/C17H16N2O2/c1-19(16-8-6-14(11-18)7-9-16)12-15-4-2-13(3-5-15)10-17(20)21/h2-9H,10,12H2,1H3,(H,20,21). The first-order valence-electron chi connectivity index (χ1n) is 6.59. The minimum atomic E-state index is -0.822. The van der Waals surface area contributed by atoms with Gasteiger partial charge in [0.15, 0.2) is 0 Å². The zero-order chi connectivity index (χ0) is 15.2. The molecule has 0 unspecified atom stereocenters. The van der Waals surface area contributed by atoms with E-state index >= 15 is 0 Å². The first-order valence-corrected chi connectivity index (χ1v) is 6.59. The Hall–Kier alpha value is -2.80. The number of carboxylic acids is 1. The number of hydrogen-bond donors (Lipinski definition) is 1. The lowest BCUT2D eigenvalue weighted by Crippen LogP contribution is -2.16. The van der Waals surface area contributed by atoms with Crippen LogP contribution in [0.25, 0.3) is 0 Å². The van der Waals surface area contributed by atoms with Crippen LogP contribution < -0.4 is 4.90 Å². The molecule has 0 amide bonds. The third-order valence-corrected chi connectivity index (χ3v) is 3.24. The zero-order valence-corrected chi connectivity index (χ0v) is 11.8. The lowest BCUT2D eigenvalue weighted by atomic mass is 10.1. The van der Waals surface area contributed by atoms with Crippen LogP contribution in [-0.2, 0) is 17.8 Å². The second-order valence-electron chi connectivity index (χ2n) is 4.90. The molecule has 0 aliphatic rings. The molecule has 0 bridgehead atoms. The molecule has 2 aromatic rings. The van der Waals surface area contributed by atoms with E-state index in [1.54, 1.807) is 12.1 Å². The number of anilines is 1. The number of rotatable bonds is 5. The van der Waals surface area contributed by atoms with E-state index in [9.17, 15) is 4.79 Å². The SMILES string of the molecule is CN(Cc1ccc(CC(=O)O)cc1)c1ccc(C#N)cc1. The monoisotopic (exact) mass is 280 g/mol. The highest BCUT2D eigenvalue weighted by Crippen LogP contribution is 2.16. The molecule has 1 N–H and O–H groups in total. The van der Waals surface area contributed by atoms with Gasteiger partial charge in [-0.15, -0.1) is 0 Å². The summed E-state index contributed by atoms with van der Waals surface area (Å²) >= 11 is 0. The number of aliphatic carboxylic acids is 1. The molecule has 2 aromatic carbocycles. The Kier molecular flexibility index (Phi) is 4.57. The summed E-state index contributed by atoms with van der Waals surface area (Å²) in [6, 6.07) is 17.1. The van der Waals surface area contributed by atoms with Crippen molar-refractivity contribution in [3.63, 3.8) is 0 Å². The van der Waals surface area contributed by atoms with Crippen molar-refractivity contribution in [1.29, 1.82) is 5.26 Å². The van der Waals surface area contributed by atoms with Gasteiger partial charge in [-0.1, -0.05) is 24.3 Å². The number of hydrogen-bond acceptors (Lipinski definition) is 3. The quantitative estimate of drug-likeness (QED) is 0.914. The molecule has 2 rings (SSSR count). The minimum absolute atomic E-state index is 0.0474. The Morgan fingerprint density at radius 1 is 1.10 bits per heavy atom. The van der Waals surface area contributed by atoms with Gasteiger partial charge in [0.1, 0.15) is 0 Å². The predicted molar refractivity (Wildman–Crippen MR) is 81.0 cm³/mol. The summed E-state index contributed by atoms with van der Waals surface area (Å²) in [5.74, 6) is -0.822. The Labute approximate surface area is 123 Å². The van der Waals surface area contributed by atoms with Gasteiger partial charge in [-0.25, -0.2) is 0 Å². The molecule has 0 radical (unpaired) electrons. The van der Waals surface area contributed by atoms with Crippen molar-refractivity contribution in [2.45, 2.75) is 13.0 Å². The molecule has 0 saturated carbocycles. The Morgan fingerprint density at radius 2 is 1.67 bits per heavy atom. The average Bonchev–Trinajstić information content (AvgIpc) is 2.49. The number of nitrogens with zero attached hydrogens (tertiary/aromatic N) is 2. The van der Waals surface area contributed by atoms with Crippen LogP contribution in [0.4, 0.5) is 5.69 Å². The smallest absolute Gasteiger partial charge is 0.307 e. The van der Waals surface area contributed by atoms with E-state index in [-0.39, 0.29) is 6.42 Å². The summed E-state index contributed by atoms with van der Waals surface area (Å²) in [5.41, 5.74) is 3.58. The molecule has 0 aliphatic heterocycles. The van der Waals surface area contributed by atoms with Crippen molar-refractivity contribution < 1.29 is 9.90 Å². The second kappa shape index (κ2) is 6.58. The summed E-state index contributed by atoms with van der Waals surface area (Å²) in [7, 11) is 1.98. The van der Waals surface area contributed by atoms with Crippen molar-refractivity contribution in [1.82, 2.24) is 0 Å². The van der Waals surface area contributed by atoms with E-state index in [2.05, 4.69) is 11.0 Å². The van der Waals surface area contributed by atoms with Gasteiger partial charge in [0.05, 0.1) is 18.1 Å². The molecular formula is C17H16N2O2. The molecule has 0 aromatic heterocycles. The number of nitriles is 1. The Morgan fingerprint density at radius 3 is 2.19 bits per heavy atom. The van der Waals surface area contributed by atoms with Gasteiger partial charge in [0.25, 0.3) is 0 Å². The molecule has 4 nitrogen and oxygen atoms in total. The predicted octanol–water partition coefficient (Wildman–Crippen LogP) is 2.82. The van der Waals surface area contributed by atoms with Gasteiger partial charge in [0, 0.05) is 19.3 Å². The van der Waals surface area contributed by atoms with E-state index in [1.807, 2.05) is 43.4 Å². The highest BCUT2D eigenvalue weighted by molar-refractivity contribution is 5.70. The lowest BCUT2D eigenvalue weighted by Gasteiger charge is -2.19. The third kappa shape index (κ3) is 4.08. The van der Waals surface area contributed by atoms with E-state index in [1.165, 1.54) is 0 Å². The number of carboxylic acid groups (broad SMARTS) is 1. The van der Waals surface area contributed by atoms with Crippen molar-refractivity contribution in [2.24, 2.45) is 0 Å².